The lowest BCUT2D eigenvalue weighted by molar-refractivity contribution is -0.126. The van der Waals surface area contributed by atoms with Crippen LogP contribution in [0.5, 0.6) is 5.75 Å². The predicted molar refractivity (Wildman–Crippen MR) is 126 cm³/mol. The van der Waals surface area contributed by atoms with Crippen molar-refractivity contribution in [2.75, 3.05) is 26.2 Å². The van der Waals surface area contributed by atoms with Crippen molar-refractivity contribution in [1.29, 1.82) is 0 Å². The molecule has 1 saturated heterocycles. The van der Waals surface area contributed by atoms with E-state index in [1.165, 1.54) is 4.31 Å². The minimum atomic E-state index is -3.37. The average molecular weight is 453 g/mol. The van der Waals surface area contributed by atoms with E-state index in [1.54, 1.807) is 0 Å². The zero-order valence-corrected chi connectivity index (χ0v) is 18.8. The molecule has 3 aromatic rings. The van der Waals surface area contributed by atoms with Crippen LogP contribution >= 0.6 is 0 Å². The number of sulfonamides is 1. The first-order valence-electron chi connectivity index (χ1n) is 10.9. The van der Waals surface area contributed by atoms with Crippen molar-refractivity contribution >= 4 is 26.7 Å². The lowest BCUT2D eigenvalue weighted by Gasteiger charge is -2.30. The van der Waals surface area contributed by atoms with Crippen molar-refractivity contribution in [3.8, 4) is 5.75 Å². The van der Waals surface area contributed by atoms with E-state index < -0.39 is 10.0 Å². The third-order valence-electron chi connectivity index (χ3n) is 5.82. The molecule has 0 saturated carbocycles. The van der Waals surface area contributed by atoms with Crippen LogP contribution in [0.15, 0.2) is 72.8 Å². The monoisotopic (exact) mass is 452 g/mol. The maximum atomic E-state index is 12.7. The summed E-state index contributed by atoms with van der Waals surface area (Å²) in [5.41, 5.74) is 0.776. The van der Waals surface area contributed by atoms with Crippen LogP contribution in [-0.4, -0.2) is 44.9 Å². The fraction of sp³-hybridized carbons (Fsp3) is 0.320. The number of rotatable bonds is 8. The second kappa shape index (κ2) is 10.1. The minimum absolute atomic E-state index is 0.00376. The molecule has 1 aliphatic rings. The molecule has 0 atom stereocenters. The molecule has 4 rings (SSSR count). The summed E-state index contributed by atoms with van der Waals surface area (Å²) in [6.45, 7) is 1.54. The Morgan fingerprint density at radius 1 is 0.938 bits per heavy atom. The summed E-state index contributed by atoms with van der Waals surface area (Å²) in [7, 11) is -3.37. The standard InChI is InChI=1S/C25H28N2O4S/c28-25(26-15-18-31-24-12-6-10-21-9-4-5-11-23(21)24)22-13-16-27(17-14-22)32(29,30)19-20-7-2-1-3-8-20/h1-12,22H,13-19H2,(H,26,28). The van der Waals surface area contributed by atoms with Crippen LogP contribution in [0.3, 0.4) is 0 Å². The molecule has 7 heteroatoms. The molecule has 1 heterocycles. The Bertz CT molecular complexity index is 1150. The van der Waals surface area contributed by atoms with Crippen molar-refractivity contribution in [1.82, 2.24) is 9.62 Å². The molecule has 0 aromatic heterocycles. The fourth-order valence-electron chi connectivity index (χ4n) is 4.07. The van der Waals surface area contributed by atoms with Gasteiger partial charge in [-0.1, -0.05) is 66.7 Å². The molecule has 3 aromatic carbocycles. The number of nitrogens with zero attached hydrogens (tertiary/aromatic N) is 1. The number of hydrogen-bond acceptors (Lipinski definition) is 4. The number of nitrogens with one attached hydrogen (secondary N) is 1. The van der Waals surface area contributed by atoms with Gasteiger partial charge in [0, 0.05) is 24.4 Å². The molecule has 32 heavy (non-hydrogen) atoms. The molecular weight excluding hydrogens is 424 g/mol. The van der Waals surface area contributed by atoms with Crippen molar-refractivity contribution in [3.05, 3.63) is 78.4 Å². The highest BCUT2D eigenvalue weighted by molar-refractivity contribution is 7.88. The van der Waals surface area contributed by atoms with Crippen LogP contribution < -0.4 is 10.1 Å². The third kappa shape index (κ3) is 5.47. The highest BCUT2D eigenvalue weighted by Gasteiger charge is 2.31. The third-order valence-corrected chi connectivity index (χ3v) is 7.67. The van der Waals surface area contributed by atoms with E-state index in [9.17, 15) is 13.2 Å². The number of piperidine rings is 1. The van der Waals surface area contributed by atoms with E-state index >= 15 is 0 Å². The Labute approximate surface area is 189 Å². The molecule has 6 nitrogen and oxygen atoms in total. The molecule has 168 valence electrons. The Balaban J connectivity index is 1.22. The number of amides is 1. The second-order valence-corrected chi connectivity index (χ2v) is 10.0. The zero-order valence-electron chi connectivity index (χ0n) is 17.9. The summed E-state index contributed by atoms with van der Waals surface area (Å²) < 4.78 is 32.7. The van der Waals surface area contributed by atoms with E-state index in [0.29, 0.717) is 39.1 Å². The Kier molecular flexibility index (Phi) is 7.07. The number of ether oxygens (including phenoxy) is 1. The van der Waals surface area contributed by atoms with Crippen LogP contribution in [-0.2, 0) is 20.6 Å². The van der Waals surface area contributed by atoms with Gasteiger partial charge >= 0.3 is 0 Å². The lowest BCUT2D eigenvalue weighted by atomic mass is 9.97. The van der Waals surface area contributed by atoms with E-state index in [-0.39, 0.29) is 17.6 Å². The summed E-state index contributed by atoms with van der Waals surface area (Å²) in [5, 5.41) is 5.09. The molecule has 0 spiro atoms. The van der Waals surface area contributed by atoms with Crippen molar-refractivity contribution in [2.45, 2.75) is 18.6 Å². The van der Waals surface area contributed by atoms with Crippen molar-refractivity contribution < 1.29 is 17.9 Å². The molecule has 1 fully saturated rings. The first kappa shape index (κ1) is 22.3. The summed E-state index contributed by atoms with van der Waals surface area (Å²) in [4.78, 5) is 12.5. The largest absolute Gasteiger partial charge is 0.491 e. The van der Waals surface area contributed by atoms with Gasteiger partial charge in [0.05, 0.1) is 12.3 Å². The SMILES string of the molecule is O=C(NCCOc1cccc2ccccc12)C1CCN(S(=O)(=O)Cc2ccccc2)CC1. The number of benzene rings is 3. The minimum Gasteiger partial charge on any atom is -0.491 e. The lowest BCUT2D eigenvalue weighted by Crippen LogP contribution is -2.43. The van der Waals surface area contributed by atoms with Gasteiger partial charge < -0.3 is 10.1 Å². The maximum Gasteiger partial charge on any atom is 0.223 e. The first-order valence-corrected chi connectivity index (χ1v) is 12.5. The van der Waals surface area contributed by atoms with Gasteiger partial charge in [0.25, 0.3) is 0 Å². The van der Waals surface area contributed by atoms with Crippen molar-refractivity contribution in [3.63, 3.8) is 0 Å². The predicted octanol–water partition coefficient (Wildman–Crippen LogP) is 3.58. The number of carbonyl (C=O) groups is 1. The van der Waals surface area contributed by atoms with Gasteiger partial charge in [0.1, 0.15) is 12.4 Å². The molecule has 1 amide bonds. The van der Waals surface area contributed by atoms with Crippen LogP contribution in [0.25, 0.3) is 10.8 Å². The van der Waals surface area contributed by atoms with Crippen molar-refractivity contribution in [2.24, 2.45) is 5.92 Å². The van der Waals surface area contributed by atoms with Crippen LogP contribution in [0.4, 0.5) is 0 Å². The smallest absolute Gasteiger partial charge is 0.223 e. The Morgan fingerprint density at radius 3 is 2.41 bits per heavy atom. The molecule has 0 unspecified atom stereocenters. The summed E-state index contributed by atoms with van der Waals surface area (Å²) >= 11 is 0. The molecular formula is C25H28N2O4S. The second-order valence-electron chi connectivity index (χ2n) is 8.03. The molecule has 1 N–H and O–H groups in total. The summed E-state index contributed by atoms with van der Waals surface area (Å²) in [6.07, 6.45) is 1.06. The topological polar surface area (TPSA) is 75.7 Å². The zero-order chi connectivity index (χ0) is 22.4. The van der Waals surface area contributed by atoms with Gasteiger partial charge in [-0.3, -0.25) is 4.79 Å². The van der Waals surface area contributed by atoms with Gasteiger partial charge in [0.2, 0.25) is 15.9 Å². The molecule has 1 aliphatic heterocycles. The van der Waals surface area contributed by atoms with E-state index in [4.69, 9.17) is 4.74 Å². The van der Waals surface area contributed by atoms with Crippen LogP contribution in [0.1, 0.15) is 18.4 Å². The molecule has 0 bridgehead atoms. The summed E-state index contributed by atoms with van der Waals surface area (Å²) in [5.74, 6) is 0.590. The summed E-state index contributed by atoms with van der Waals surface area (Å²) in [6, 6.07) is 23.1. The van der Waals surface area contributed by atoms with Gasteiger partial charge in [0.15, 0.2) is 0 Å². The quantitative estimate of drug-likeness (QED) is 0.530. The normalized spacial score (nSPS) is 15.5. The van der Waals surface area contributed by atoms with Crippen LogP contribution in [0, 0.1) is 5.92 Å². The average Bonchev–Trinajstić information content (AvgIpc) is 2.82. The van der Waals surface area contributed by atoms with Gasteiger partial charge in [-0.2, -0.15) is 0 Å². The number of carbonyl (C=O) groups excluding carboxylic acids is 1. The highest BCUT2D eigenvalue weighted by Crippen LogP contribution is 2.25. The molecule has 0 radical (unpaired) electrons. The van der Waals surface area contributed by atoms with Gasteiger partial charge in [-0.25, -0.2) is 12.7 Å². The van der Waals surface area contributed by atoms with E-state index in [2.05, 4.69) is 5.32 Å². The van der Waals surface area contributed by atoms with Gasteiger partial charge in [-0.05, 0) is 29.9 Å². The van der Waals surface area contributed by atoms with E-state index in [0.717, 1.165) is 22.1 Å². The number of fused-ring (bicyclic) bond motifs is 1. The maximum absolute atomic E-state index is 12.7. The highest BCUT2D eigenvalue weighted by atomic mass is 32.2. The van der Waals surface area contributed by atoms with Gasteiger partial charge in [-0.15, -0.1) is 0 Å². The fourth-order valence-corrected chi connectivity index (χ4v) is 5.64. The first-order chi connectivity index (χ1) is 15.5. The Hall–Kier alpha value is -2.90. The van der Waals surface area contributed by atoms with E-state index in [1.807, 2.05) is 72.8 Å². The molecule has 0 aliphatic carbocycles. The number of hydrogen-bond donors (Lipinski definition) is 1. The Morgan fingerprint density at radius 2 is 1.62 bits per heavy atom. The van der Waals surface area contributed by atoms with Crippen LogP contribution in [0.2, 0.25) is 0 Å².